The van der Waals surface area contributed by atoms with E-state index in [2.05, 4.69) is 15.0 Å². The third kappa shape index (κ3) is 3.04. The number of halogens is 2. The van der Waals surface area contributed by atoms with E-state index in [0.717, 1.165) is 0 Å². The van der Waals surface area contributed by atoms with Gasteiger partial charge in [-0.15, -0.1) is 0 Å². The van der Waals surface area contributed by atoms with Crippen LogP contribution >= 0.6 is 0 Å². The highest BCUT2D eigenvalue weighted by Gasteiger charge is 2.50. The maximum atomic E-state index is 12.9. The number of carbonyl (C=O) groups is 1. The lowest BCUT2D eigenvalue weighted by molar-refractivity contribution is -0.159. The summed E-state index contributed by atoms with van der Waals surface area (Å²) in [4.78, 5) is 14.7. The van der Waals surface area contributed by atoms with E-state index < -0.39 is 24.4 Å². The lowest BCUT2D eigenvalue weighted by Crippen LogP contribution is -2.36. The number of imidazole rings is 1. The lowest BCUT2D eigenvalue weighted by atomic mass is 10.2. The van der Waals surface area contributed by atoms with Crippen LogP contribution in [0.1, 0.15) is 13.3 Å². The molecule has 5 nitrogen and oxygen atoms in total. The summed E-state index contributed by atoms with van der Waals surface area (Å²) in [5.74, 6) is -4.75. The zero-order valence-corrected chi connectivity index (χ0v) is 9.97. The minimum Gasteiger partial charge on any atom is -0.456 e. The Morgan fingerprint density at radius 1 is 1.72 bits per heavy atom. The van der Waals surface area contributed by atoms with Gasteiger partial charge in [0, 0.05) is 31.5 Å². The van der Waals surface area contributed by atoms with Crippen LogP contribution < -0.4 is 5.32 Å². The molecular weight excluding hydrogens is 244 g/mol. The van der Waals surface area contributed by atoms with Crippen LogP contribution in [0.15, 0.2) is 18.7 Å². The van der Waals surface area contributed by atoms with Crippen molar-refractivity contribution in [2.24, 2.45) is 0 Å². The molecule has 0 aliphatic carbocycles. The first-order valence-corrected chi connectivity index (χ1v) is 5.75. The van der Waals surface area contributed by atoms with Crippen LogP contribution in [0.3, 0.4) is 0 Å². The van der Waals surface area contributed by atoms with E-state index >= 15 is 0 Å². The Morgan fingerprint density at radius 3 is 3.06 bits per heavy atom. The molecule has 100 valence electrons. The Labute approximate surface area is 103 Å². The molecule has 1 aromatic rings. The lowest BCUT2D eigenvalue weighted by Gasteiger charge is -2.16. The molecule has 0 bridgehead atoms. The normalized spacial score (nSPS) is 23.9. The molecule has 2 heterocycles. The Balaban J connectivity index is 1.74. The van der Waals surface area contributed by atoms with Gasteiger partial charge in [-0.25, -0.2) is 9.78 Å². The van der Waals surface area contributed by atoms with Crippen LogP contribution in [0, 0.1) is 0 Å². The fourth-order valence-corrected chi connectivity index (χ4v) is 1.87. The van der Waals surface area contributed by atoms with Crippen molar-refractivity contribution < 1.29 is 18.3 Å². The van der Waals surface area contributed by atoms with Crippen LogP contribution in [0.5, 0.6) is 0 Å². The van der Waals surface area contributed by atoms with Crippen LogP contribution in [-0.2, 0) is 16.1 Å². The molecule has 0 saturated carbocycles. The number of ether oxygens (including phenoxy) is 1. The number of rotatable bonds is 5. The zero-order valence-electron chi connectivity index (χ0n) is 9.97. The molecule has 2 atom stereocenters. The number of esters is 1. The fraction of sp³-hybridized carbons (Fsp3) is 0.636. The summed E-state index contributed by atoms with van der Waals surface area (Å²) in [6.07, 6.45) is 3.88. The van der Waals surface area contributed by atoms with Crippen molar-refractivity contribution in [1.29, 1.82) is 0 Å². The van der Waals surface area contributed by atoms with Gasteiger partial charge >= 0.3 is 11.9 Å². The topological polar surface area (TPSA) is 56.2 Å². The molecule has 1 N–H and O–H groups in total. The SMILES string of the molecule is CC(Cn1ccnc1)NCC1CC(F)(F)C(=O)O1. The minimum atomic E-state index is -3.33. The number of hydrogen-bond acceptors (Lipinski definition) is 4. The van der Waals surface area contributed by atoms with Crippen LogP contribution in [0.25, 0.3) is 0 Å². The summed E-state index contributed by atoms with van der Waals surface area (Å²) in [6.45, 7) is 2.84. The second-order valence-corrected chi connectivity index (χ2v) is 4.50. The molecule has 7 heteroatoms. The molecule has 18 heavy (non-hydrogen) atoms. The summed E-state index contributed by atoms with van der Waals surface area (Å²) in [5.41, 5.74) is 0. The third-order valence-corrected chi connectivity index (χ3v) is 2.79. The number of carbonyl (C=O) groups excluding carboxylic acids is 1. The van der Waals surface area contributed by atoms with Gasteiger partial charge in [-0.2, -0.15) is 8.78 Å². The number of alkyl halides is 2. The van der Waals surface area contributed by atoms with Crippen molar-refractivity contribution >= 4 is 5.97 Å². The van der Waals surface area contributed by atoms with E-state index in [1.165, 1.54) is 0 Å². The van der Waals surface area contributed by atoms with Gasteiger partial charge in [0.05, 0.1) is 12.7 Å². The van der Waals surface area contributed by atoms with Gasteiger partial charge < -0.3 is 14.6 Å². The van der Waals surface area contributed by atoms with E-state index in [-0.39, 0.29) is 12.6 Å². The molecule has 0 radical (unpaired) electrons. The molecule has 1 fully saturated rings. The molecular formula is C11H15F2N3O2. The molecule has 2 rings (SSSR count). The first-order valence-electron chi connectivity index (χ1n) is 5.75. The smallest absolute Gasteiger partial charge is 0.377 e. The highest BCUT2D eigenvalue weighted by atomic mass is 19.3. The van der Waals surface area contributed by atoms with Gasteiger partial charge in [-0.05, 0) is 6.92 Å². The van der Waals surface area contributed by atoms with Gasteiger partial charge in [-0.1, -0.05) is 0 Å². The monoisotopic (exact) mass is 259 g/mol. The molecule has 1 saturated heterocycles. The first-order chi connectivity index (χ1) is 8.47. The van der Waals surface area contributed by atoms with Crippen molar-refractivity contribution in [1.82, 2.24) is 14.9 Å². The summed E-state index contributed by atoms with van der Waals surface area (Å²) >= 11 is 0. The number of cyclic esters (lactones) is 1. The summed E-state index contributed by atoms with van der Waals surface area (Å²) in [7, 11) is 0. The predicted octanol–water partition coefficient (Wildman–Crippen LogP) is 0.812. The van der Waals surface area contributed by atoms with E-state index in [1.807, 2.05) is 17.7 Å². The average Bonchev–Trinajstić information content (AvgIpc) is 2.85. The molecule has 1 aliphatic rings. The number of nitrogens with one attached hydrogen (secondary N) is 1. The summed E-state index contributed by atoms with van der Waals surface area (Å²) in [5, 5.41) is 3.06. The van der Waals surface area contributed by atoms with Crippen molar-refractivity contribution in [3.63, 3.8) is 0 Å². The Bertz CT molecular complexity index is 408. The van der Waals surface area contributed by atoms with Gasteiger partial charge in [0.25, 0.3) is 0 Å². The number of hydrogen-bond donors (Lipinski definition) is 1. The maximum absolute atomic E-state index is 12.9. The van der Waals surface area contributed by atoms with Crippen LogP contribution in [0.2, 0.25) is 0 Å². The third-order valence-electron chi connectivity index (χ3n) is 2.79. The number of aromatic nitrogens is 2. The van der Waals surface area contributed by atoms with Crippen LogP contribution in [0.4, 0.5) is 8.78 Å². The van der Waals surface area contributed by atoms with E-state index in [0.29, 0.717) is 6.54 Å². The maximum Gasteiger partial charge on any atom is 0.377 e. The van der Waals surface area contributed by atoms with E-state index in [9.17, 15) is 13.6 Å². The fourth-order valence-electron chi connectivity index (χ4n) is 1.87. The Kier molecular flexibility index (Phi) is 3.60. The molecule has 0 aromatic carbocycles. The summed E-state index contributed by atoms with van der Waals surface area (Å²) < 4.78 is 32.3. The minimum absolute atomic E-state index is 0.0760. The van der Waals surface area contributed by atoms with Crippen molar-refractivity contribution in [3.05, 3.63) is 18.7 Å². The molecule has 1 aromatic heterocycles. The van der Waals surface area contributed by atoms with E-state index in [1.54, 1.807) is 12.5 Å². The van der Waals surface area contributed by atoms with Crippen LogP contribution in [-0.4, -0.2) is 40.1 Å². The Hall–Kier alpha value is -1.50. The molecule has 2 unspecified atom stereocenters. The van der Waals surface area contributed by atoms with Crippen molar-refractivity contribution in [2.75, 3.05) is 6.54 Å². The van der Waals surface area contributed by atoms with Crippen molar-refractivity contribution in [3.8, 4) is 0 Å². The van der Waals surface area contributed by atoms with Gasteiger partial charge in [0.1, 0.15) is 6.10 Å². The zero-order chi connectivity index (χ0) is 13.2. The summed E-state index contributed by atoms with van der Waals surface area (Å²) in [6, 6.07) is 0.0760. The molecule has 1 aliphatic heterocycles. The van der Waals surface area contributed by atoms with Gasteiger partial charge in [0.2, 0.25) is 0 Å². The van der Waals surface area contributed by atoms with Crippen molar-refractivity contribution in [2.45, 2.75) is 38.0 Å². The predicted molar refractivity (Wildman–Crippen MR) is 59.1 cm³/mol. The Morgan fingerprint density at radius 2 is 2.50 bits per heavy atom. The molecule has 0 spiro atoms. The highest BCUT2D eigenvalue weighted by Crippen LogP contribution is 2.30. The highest BCUT2D eigenvalue weighted by molar-refractivity contribution is 5.79. The van der Waals surface area contributed by atoms with Gasteiger partial charge in [0.15, 0.2) is 0 Å². The second-order valence-electron chi connectivity index (χ2n) is 4.50. The van der Waals surface area contributed by atoms with Gasteiger partial charge in [-0.3, -0.25) is 0 Å². The molecule has 0 amide bonds. The van der Waals surface area contributed by atoms with E-state index in [4.69, 9.17) is 0 Å². The largest absolute Gasteiger partial charge is 0.456 e. The second kappa shape index (κ2) is 5.01. The quantitative estimate of drug-likeness (QED) is 0.795. The average molecular weight is 259 g/mol. The standard InChI is InChI=1S/C11H15F2N3O2/c1-8(6-16-3-2-14-7-16)15-5-9-4-11(12,13)10(17)18-9/h2-3,7-9,15H,4-6H2,1H3. The number of nitrogens with zero attached hydrogens (tertiary/aromatic N) is 2. The first kappa shape index (κ1) is 12.9.